The van der Waals surface area contributed by atoms with Crippen LogP contribution in [0.15, 0.2) is 40.9 Å². The second-order valence-corrected chi connectivity index (χ2v) is 5.53. The SMILES string of the molecule is CNCc1ccc(COc2cc(C)ccc2F)c(Br)c1. The van der Waals surface area contributed by atoms with E-state index < -0.39 is 0 Å². The molecule has 0 aliphatic rings. The van der Waals surface area contributed by atoms with Crippen LogP contribution in [0.5, 0.6) is 5.75 Å². The number of ether oxygens (including phenoxy) is 1. The van der Waals surface area contributed by atoms with E-state index in [2.05, 4.69) is 21.2 Å². The first-order valence-electron chi connectivity index (χ1n) is 6.41. The normalized spacial score (nSPS) is 10.6. The Morgan fingerprint density at radius 1 is 1.20 bits per heavy atom. The molecule has 2 aromatic rings. The van der Waals surface area contributed by atoms with Gasteiger partial charge >= 0.3 is 0 Å². The molecule has 0 fully saturated rings. The van der Waals surface area contributed by atoms with Crippen molar-refractivity contribution in [2.24, 2.45) is 0 Å². The van der Waals surface area contributed by atoms with Gasteiger partial charge < -0.3 is 10.1 Å². The molecule has 2 aromatic carbocycles. The Labute approximate surface area is 127 Å². The predicted molar refractivity (Wildman–Crippen MR) is 82.4 cm³/mol. The number of halogens is 2. The molecule has 0 aliphatic carbocycles. The van der Waals surface area contributed by atoms with Gasteiger partial charge in [0.25, 0.3) is 0 Å². The Balaban J connectivity index is 2.09. The van der Waals surface area contributed by atoms with Gasteiger partial charge in [-0.15, -0.1) is 0 Å². The van der Waals surface area contributed by atoms with Crippen molar-refractivity contribution in [2.45, 2.75) is 20.1 Å². The highest BCUT2D eigenvalue weighted by Crippen LogP contribution is 2.23. The Morgan fingerprint density at radius 3 is 2.70 bits per heavy atom. The second kappa shape index (κ2) is 6.86. The Kier molecular flexibility index (Phi) is 5.15. The lowest BCUT2D eigenvalue weighted by Crippen LogP contribution is -2.05. The average molecular weight is 338 g/mol. The summed E-state index contributed by atoms with van der Waals surface area (Å²) in [6, 6.07) is 10.9. The summed E-state index contributed by atoms with van der Waals surface area (Å²) in [6.07, 6.45) is 0. The fourth-order valence-electron chi connectivity index (χ4n) is 1.90. The molecule has 0 heterocycles. The average Bonchev–Trinajstić information content (AvgIpc) is 2.42. The fourth-order valence-corrected chi connectivity index (χ4v) is 2.44. The van der Waals surface area contributed by atoms with Crippen molar-refractivity contribution in [3.63, 3.8) is 0 Å². The first kappa shape index (κ1) is 15.0. The summed E-state index contributed by atoms with van der Waals surface area (Å²) in [6.45, 7) is 3.06. The van der Waals surface area contributed by atoms with Crippen LogP contribution in [0.3, 0.4) is 0 Å². The van der Waals surface area contributed by atoms with E-state index in [1.54, 1.807) is 12.1 Å². The quantitative estimate of drug-likeness (QED) is 0.882. The van der Waals surface area contributed by atoms with Crippen molar-refractivity contribution in [3.05, 3.63) is 63.4 Å². The summed E-state index contributed by atoms with van der Waals surface area (Å²) in [4.78, 5) is 0. The number of hydrogen-bond donors (Lipinski definition) is 1. The van der Waals surface area contributed by atoms with Crippen LogP contribution >= 0.6 is 15.9 Å². The third kappa shape index (κ3) is 3.81. The molecule has 0 bridgehead atoms. The van der Waals surface area contributed by atoms with E-state index in [1.165, 1.54) is 11.6 Å². The topological polar surface area (TPSA) is 21.3 Å². The lowest BCUT2D eigenvalue weighted by molar-refractivity contribution is 0.289. The van der Waals surface area contributed by atoms with E-state index in [4.69, 9.17) is 4.74 Å². The van der Waals surface area contributed by atoms with Gasteiger partial charge in [0.15, 0.2) is 11.6 Å². The molecule has 1 N–H and O–H groups in total. The number of benzene rings is 2. The van der Waals surface area contributed by atoms with E-state index >= 15 is 0 Å². The molecule has 0 amide bonds. The molecule has 20 heavy (non-hydrogen) atoms. The van der Waals surface area contributed by atoms with E-state index in [1.807, 2.05) is 32.2 Å². The Morgan fingerprint density at radius 2 is 2.00 bits per heavy atom. The Hall–Kier alpha value is -1.39. The molecule has 0 saturated heterocycles. The van der Waals surface area contributed by atoms with Gasteiger partial charge in [0.2, 0.25) is 0 Å². The van der Waals surface area contributed by atoms with Crippen molar-refractivity contribution in [3.8, 4) is 5.75 Å². The highest BCUT2D eigenvalue weighted by molar-refractivity contribution is 9.10. The van der Waals surface area contributed by atoms with Crippen molar-refractivity contribution in [2.75, 3.05) is 7.05 Å². The van der Waals surface area contributed by atoms with Crippen LogP contribution < -0.4 is 10.1 Å². The summed E-state index contributed by atoms with van der Waals surface area (Å²) in [5.41, 5.74) is 3.15. The van der Waals surface area contributed by atoms with Gasteiger partial charge in [-0.25, -0.2) is 4.39 Å². The molecule has 0 atom stereocenters. The Bertz CT molecular complexity index is 601. The lowest BCUT2D eigenvalue weighted by Gasteiger charge is -2.10. The molecule has 0 aromatic heterocycles. The number of aryl methyl sites for hydroxylation is 1. The molecule has 2 rings (SSSR count). The summed E-state index contributed by atoms with van der Waals surface area (Å²) in [5, 5.41) is 3.10. The third-order valence-electron chi connectivity index (χ3n) is 2.97. The van der Waals surface area contributed by atoms with Crippen LogP contribution in [0, 0.1) is 12.7 Å². The van der Waals surface area contributed by atoms with Gasteiger partial charge in [0.1, 0.15) is 6.61 Å². The van der Waals surface area contributed by atoms with E-state index in [9.17, 15) is 4.39 Å². The highest BCUT2D eigenvalue weighted by atomic mass is 79.9. The third-order valence-corrected chi connectivity index (χ3v) is 3.71. The van der Waals surface area contributed by atoms with Gasteiger partial charge in [-0.3, -0.25) is 0 Å². The monoisotopic (exact) mass is 337 g/mol. The van der Waals surface area contributed by atoms with Crippen molar-refractivity contribution < 1.29 is 9.13 Å². The number of hydrogen-bond acceptors (Lipinski definition) is 2. The molecule has 106 valence electrons. The first-order valence-corrected chi connectivity index (χ1v) is 7.20. The van der Waals surface area contributed by atoms with Crippen LogP contribution in [-0.2, 0) is 13.2 Å². The molecule has 0 unspecified atom stereocenters. The van der Waals surface area contributed by atoms with Crippen LogP contribution in [0.1, 0.15) is 16.7 Å². The molecule has 2 nitrogen and oxygen atoms in total. The maximum absolute atomic E-state index is 13.6. The zero-order chi connectivity index (χ0) is 14.5. The van der Waals surface area contributed by atoms with Crippen LogP contribution in [0.4, 0.5) is 4.39 Å². The highest BCUT2D eigenvalue weighted by Gasteiger charge is 2.06. The molecule has 0 saturated carbocycles. The fraction of sp³-hybridized carbons (Fsp3) is 0.250. The maximum Gasteiger partial charge on any atom is 0.165 e. The van der Waals surface area contributed by atoms with Crippen molar-refractivity contribution in [1.82, 2.24) is 5.32 Å². The van der Waals surface area contributed by atoms with Crippen molar-refractivity contribution >= 4 is 15.9 Å². The lowest BCUT2D eigenvalue weighted by atomic mass is 10.1. The van der Waals surface area contributed by atoms with Gasteiger partial charge in [0, 0.05) is 16.6 Å². The first-order chi connectivity index (χ1) is 9.60. The van der Waals surface area contributed by atoms with E-state index in [0.29, 0.717) is 6.61 Å². The minimum Gasteiger partial charge on any atom is -0.486 e. The summed E-state index contributed by atoms with van der Waals surface area (Å²) >= 11 is 3.52. The summed E-state index contributed by atoms with van der Waals surface area (Å²) in [7, 11) is 1.91. The number of nitrogens with one attached hydrogen (secondary N) is 1. The molecule has 0 aliphatic heterocycles. The molecular formula is C16H17BrFNO. The van der Waals surface area contributed by atoms with Crippen LogP contribution in [0.2, 0.25) is 0 Å². The van der Waals surface area contributed by atoms with Gasteiger partial charge in [-0.2, -0.15) is 0 Å². The van der Waals surface area contributed by atoms with Gasteiger partial charge in [-0.05, 0) is 43.3 Å². The van der Waals surface area contributed by atoms with Crippen LogP contribution in [0.25, 0.3) is 0 Å². The largest absolute Gasteiger partial charge is 0.486 e. The van der Waals surface area contributed by atoms with E-state index in [0.717, 1.165) is 22.1 Å². The van der Waals surface area contributed by atoms with Crippen LogP contribution in [-0.4, -0.2) is 7.05 Å². The molecule has 0 radical (unpaired) electrons. The second-order valence-electron chi connectivity index (χ2n) is 4.68. The molecule has 4 heteroatoms. The zero-order valence-corrected chi connectivity index (χ0v) is 13.1. The number of rotatable bonds is 5. The standard InChI is InChI=1S/C16H17BrFNO/c1-11-3-6-15(18)16(7-11)20-10-13-5-4-12(9-19-2)8-14(13)17/h3-8,19H,9-10H2,1-2H3. The maximum atomic E-state index is 13.6. The minimum atomic E-state index is -0.335. The van der Waals surface area contributed by atoms with E-state index in [-0.39, 0.29) is 11.6 Å². The molecule has 0 spiro atoms. The van der Waals surface area contributed by atoms with Crippen molar-refractivity contribution in [1.29, 1.82) is 0 Å². The zero-order valence-electron chi connectivity index (χ0n) is 11.5. The smallest absolute Gasteiger partial charge is 0.165 e. The molecular weight excluding hydrogens is 321 g/mol. The van der Waals surface area contributed by atoms with Gasteiger partial charge in [-0.1, -0.05) is 34.1 Å². The predicted octanol–water partition coefficient (Wildman–Crippen LogP) is 4.20. The summed E-state index contributed by atoms with van der Waals surface area (Å²) in [5.74, 6) is -0.0465. The minimum absolute atomic E-state index is 0.288. The van der Waals surface area contributed by atoms with Gasteiger partial charge in [0.05, 0.1) is 0 Å². The summed E-state index contributed by atoms with van der Waals surface area (Å²) < 4.78 is 20.1.